The molecule has 0 bridgehead atoms. The molecule has 0 radical (unpaired) electrons. The molecule has 0 amide bonds. The van der Waals surface area contributed by atoms with E-state index in [0.717, 1.165) is 31.9 Å². The molecule has 1 aromatic heterocycles. The monoisotopic (exact) mass is 309 g/mol. The third kappa shape index (κ3) is 5.59. The van der Waals surface area contributed by atoms with Gasteiger partial charge in [-0.1, -0.05) is 0 Å². The van der Waals surface area contributed by atoms with Crippen LogP contribution in [0.4, 0.5) is 4.39 Å². The second-order valence-corrected chi connectivity index (χ2v) is 6.50. The lowest BCUT2D eigenvalue weighted by atomic mass is 10.2. The average molecular weight is 309 g/mol. The number of likely N-dealkylation sites (tertiary alicyclic amines) is 1. The van der Waals surface area contributed by atoms with Crippen LogP contribution < -0.4 is 0 Å². The van der Waals surface area contributed by atoms with Crippen LogP contribution in [0.2, 0.25) is 0 Å². The minimum atomic E-state index is -0.733. The number of hydrogen-bond acceptors (Lipinski definition) is 5. The molecule has 0 aromatic carbocycles. The Morgan fingerprint density at radius 1 is 1.23 bits per heavy atom. The summed E-state index contributed by atoms with van der Waals surface area (Å²) in [6, 6.07) is 2.06. The van der Waals surface area contributed by atoms with Gasteiger partial charge in [0.25, 0.3) is 0 Å². The fourth-order valence-electron chi connectivity index (χ4n) is 3.01. The van der Waals surface area contributed by atoms with Crippen molar-refractivity contribution in [1.29, 1.82) is 0 Å². The molecular formula is C16H28FN5. The first kappa shape index (κ1) is 17.2. The molecule has 0 saturated carbocycles. The normalized spacial score (nSPS) is 22.8. The van der Waals surface area contributed by atoms with Crippen molar-refractivity contribution in [3.8, 4) is 0 Å². The molecule has 2 heterocycles. The smallest absolute Gasteiger partial charge is 0.142 e. The highest BCUT2D eigenvalue weighted by Crippen LogP contribution is 2.22. The van der Waals surface area contributed by atoms with Crippen LogP contribution in [0, 0.1) is 0 Å². The van der Waals surface area contributed by atoms with Crippen LogP contribution in [-0.4, -0.2) is 84.2 Å². The SMILES string of the molecule is CN(C)CCCN(C)C[C@@H]1C[C@H](F)CN1Cc1ncccn1. The molecule has 1 aliphatic rings. The number of hydrogen-bond donors (Lipinski definition) is 0. The Hall–Kier alpha value is -1.11. The van der Waals surface area contributed by atoms with E-state index in [1.165, 1.54) is 0 Å². The summed E-state index contributed by atoms with van der Waals surface area (Å²) in [6.07, 6.45) is 4.51. The van der Waals surface area contributed by atoms with Gasteiger partial charge < -0.3 is 9.80 Å². The van der Waals surface area contributed by atoms with Gasteiger partial charge in [0, 0.05) is 31.5 Å². The fraction of sp³-hybridized carbons (Fsp3) is 0.750. The van der Waals surface area contributed by atoms with Crippen molar-refractivity contribution in [3.63, 3.8) is 0 Å². The molecular weight excluding hydrogens is 281 g/mol. The molecule has 124 valence electrons. The maximum absolute atomic E-state index is 13.8. The van der Waals surface area contributed by atoms with E-state index < -0.39 is 6.17 Å². The Kier molecular flexibility index (Phi) is 6.67. The Morgan fingerprint density at radius 3 is 2.64 bits per heavy atom. The molecule has 22 heavy (non-hydrogen) atoms. The van der Waals surface area contributed by atoms with Crippen LogP contribution in [-0.2, 0) is 6.54 Å². The first-order valence-corrected chi connectivity index (χ1v) is 8.02. The molecule has 0 unspecified atom stereocenters. The zero-order valence-electron chi connectivity index (χ0n) is 14.0. The number of rotatable bonds is 8. The largest absolute Gasteiger partial charge is 0.309 e. The van der Waals surface area contributed by atoms with Gasteiger partial charge in [-0.25, -0.2) is 14.4 Å². The van der Waals surface area contributed by atoms with Crippen LogP contribution in [0.25, 0.3) is 0 Å². The van der Waals surface area contributed by atoms with Gasteiger partial charge in [-0.2, -0.15) is 0 Å². The summed E-state index contributed by atoms with van der Waals surface area (Å²) >= 11 is 0. The number of halogens is 1. The summed E-state index contributed by atoms with van der Waals surface area (Å²) < 4.78 is 13.8. The standard InChI is InChI=1S/C16H28FN5/c1-20(2)8-5-9-21(3)12-15-10-14(17)11-22(15)13-16-18-6-4-7-19-16/h4,6-7,14-15H,5,8-13H2,1-3H3/t14-,15-/m0/s1. The third-order valence-corrected chi connectivity index (χ3v) is 4.11. The fourth-order valence-corrected chi connectivity index (χ4v) is 3.01. The molecule has 6 heteroatoms. The first-order valence-electron chi connectivity index (χ1n) is 8.02. The van der Waals surface area contributed by atoms with Gasteiger partial charge in [-0.15, -0.1) is 0 Å². The molecule has 0 aliphatic carbocycles. The first-order chi connectivity index (χ1) is 10.5. The van der Waals surface area contributed by atoms with Crippen LogP contribution in [0.15, 0.2) is 18.5 Å². The molecule has 1 fully saturated rings. The van der Waals surface area contributed by atoms with Gasteiger partial charge in [0.1, 0.15) is 12.0 Å². The molecule has 1 saturated heterocycles. The molecule has 0 N–H and O–H groups in total. The number of aromatic nitrogens is 2. The molecule has 0 spiro atoms. The van der Waals surface area contributed by atoms with E-state index in [4.69, 9.17) is 0 Å². The second kappa shape index (κ2) is 8.50. The predicted molar refractivity (Wildman–Crippen MR) is 86.4 cm³/mol. The molecule has 2 rings (SSSR count). The van der Waals surface area contributed by atoms with Gasteiger partial charge >= 0.3 is 0 Å². The van der Waals surface area contributed by atoms with E-state index in [1.807, 2.05) is 0 Å². The van der Waals surface area contributed by atoms with Crippen LogP contribution in [0.1, 0.15) is 18.7 Å². The van der Waals surface area contributed by atoms with E-state index in [1.54, 1.807) is 18.5 Å². The van der Waals surface area contributed by atoms with Crippen molar-refractivity contribution in [3.05, 3.63) is 24.3 Å². The topological polar surface area (TPSA) is 35.5 Å². The Labute approximate surface area is 133 Å². The van der Waals surface area contributed by atoms with Gasteiger partial charge in [-0.05, 0) is 53.1 Å². The highest BCUT2D eigenvalue weighted by atomic mass is 19.1. The van der Waals surface area contributed by atoms with Crippen molar-refractivity contribution in [2.75, 3.05) is 47.3 Å². The summed E-state index contributed by atoms with van der Waals surface area (Å²) in [5.74, 6) is 0.775. The summed E-state index contributed by atoms with van der Waals surface area (Å²) in [5.41, 5.74) is 0. The maximum Gasteiger partial charge on any atom is 0.142 e. The Morgan fingerprint density at radius 2 is 1.95 bits per heavy atom. The summed E-state index contributed by atoms with van der Waals surface area (Å²) in [4.78, 5) is 15.2. The zero-order chi connectivity index (χ0) is 15.9. The van der Waals surface area contributed by atoms with E-state index in [2.05, 4.69) is 45.8 Å². The second-order valence-electron chi connectivity index (χ2n) is 6.50. The summed E-state index contributed by atoms with van der Waals surface area (Å²) in [7, 11) is 6.30. The van der Waals surface area contributed by atoms with Crippen molar-refractivity contribution in [2.24, 2.45) is 0 Å². The third-order valence-electron chi connectivity index (χ3n) is 4.11. The van der Waals surface area contributed by atoms with E-state index in [-0.39, 0.29) is 6.04 Å². The number of likely N-dealkylation sites (N-methyl/N-ethyl adjacent to an activating group) is 1. The number of alkyl halides is 1. The molecule has 5 nitrogen and oxygen atoms in total. The van der Waals surface area contributed by atoms with Crippen LogP contribution in [0.3, 0.4) is 0 Å². The average Bonchev–Trinajstić information content (AvgIpc) is 2.79. The quantitative estimate of drug-likeness (QED) is 0.723. The Balaban J connectivity index is 1.82. The van der Waals surface area contributed by atoms with Gasteiger partial charge in [0.15, 0.2) is 0 Å². The summed E-state index contributed by atoms with van der Waals surface area (Å²) in [5, 5.41) is 0. The predicted octanol–water partition coefficient (Wildman–Crippen LogP) is 1.27. The van der Waals surface area contributed by atoms with Crippen molar-refractivity contribution in [1.82, 2.24) is 24.7 Å². The van der Waals surface area contributed by atoms with Gasteiger partial charge in [0.05, 0.1) is 6.54 Å². The van der Waals surface area contributed by atoms with E-state index in [0.29, 0.717) is 19.5 Å². The zero-order valence-corrected chi connectivity index (χ0v) is 14.0. The highest BCUT2D eigenvalue weighted by Gasteiger charge is 2.32. The number of nitrogens with zero attached hydrogens (tertiary/aromatic N) is 5. The lowest BCUT2D eigenvalue weighted by Crippen LogP contribution is -2.39. The lowest BCUT2D eigenvalue weighted by molar-refractivity contribution is 0.177. The van der Waals surface area contributed by atoms with Crippen molar-refractivity contribution < 1.29 is 4.39 Å². The maximum atomic E-state index is 13.8. The van der Waals surface area contributed by atoms with Crippen LogP contribution in [0.5, 0.6) is 0 Å². The Bertz CT molecular complexity index is 428. The molecule has 2 atom stereocenters. The van der Waals surface area contributed by atoms with Gasteiger partial charge in [0.2, 0.25) is 0 Å². The van der Waals surface area contributed by atoms with E-state index >= 15 is 0 Å². The highest BCUT2D eigenvalue weighted by molar-refractivity contribution is 4.93. The van der Waals surface area contributed by atoms with Crippen molar-refractivity contribution in [2.45, 2.75) is 31.6 Å². The molecule has 1 aromatic rings. The van der Waals surface area contributed by atoms with Crippen LogP contribution >= 0.6 is 0 Å². The molecule has 1 aliphatic heterocycles. The van der Waals surface area contributed by atoms with Gasteiger partial charge in [-0.3, -0.25) is 4.90 Å². The van der Waals surface area contributed by atoms with Crippen molar-refractivity contribution >= 4 is 0 Å². The summed E-state index contributed by atoms with van der Waals surface area (Å²) in [6.45, 7) is 4.16. The van der Waals surface area contributed by atoms with E-state index in [9.17, 15) is 4.39 Å². The minimum absolute atomic E-state index is 0.253. The lowest BCUT2D eigenvalue weighted by Gasteiger charge is -2.28. The minimum Gasteiger partial charge on any atom is -0.309 e.